The van der Waals surface area contributed by atoms with Crippen LogP contribution in [0.15, 0.2) is 24.3 Å². The Labute approximate surface area is 132 Å². The Morgan fingerprint density at radius 1 is 1.23 bits per heavy atom. The lowest BCUT2D eigenvalue weighted by atomic mass is 9.97. The van der Waals surface area contributed by atoms with E-state index < -0.39 is 5.91 Å². The van der Waals surface area contributed by atoms with Crippen molar-refractivity contribution in [1.82, 2.24) is 9.80 Å². The maximum atomic E-state index is 12.1. The summed E-state index contributed by atoms with van der Waals surface area (Å²) in [6, 6.07) is 8.42. The van der Waals surface area contributed by atoms with Crippen molar-refractivity contribution in [2.45, 2.75) is 26.8 Å². The number of carbonyl (C=O) groups is 2. The predicted octanol–water partition coefficient (Wildman–Crippen LogP) is 1.01. The fraction of sp³-hybridized carbons (Fsp3) is 0.529. The highest BCUT2D eigenvalue weighted by Crippen LogP contribution is 2.17. The van der Waals surface area contributed by atoms with Gasteiger partial charge in [-0.15, -0.1) is 0 Å². The van der Waals surface area contributed by atoms with E-state index in [0.29, 0.717) is 19.0 Å². The van der Waals surface area contributed by atoms with E-state index in [4.69, 9.17) is 5.73 Å². The highest BCUT2D eigenvalue weighted by atomic mass is 16.2. The Morgan fingerprint density at radius 2 is 1.91 bits per heavy atom. The molecule has 0 unspecified atom stereocenters. The second-order valence-corrected chi connectivity index (χ2v) is 6.36. The zero-order valence-electron chi connectivity index (χ0n) is 13.4. The van der Waals surface area contributed by atoms with Crippen molar-refractivity contribution >= 4 is 11.8 Å². The molecule has 120 valence electrons. The lowest BCUT2D eigenvalue weighted by Crippen LogP contribution is -2.52. The minimum Gasteiger partial charge on any atom is -0.368 e. The molecule has 0 aromatic heterocycles. The van der Waals surface area contributed by atoms with Crippen LogP contribution in [0.1, 0.15) is 25.0 Å². The summed E-state index contributed by atoms with van der Waals surface area (Å²) in [7, 11) is 0. The predicted molar refractivity (Wildman–Crippen MR) is 86.0 cm³/mol. The number of benzene rings is 1. The Hall–Kier alpha value is -1.88. The molecule has 0 spiro atoms. The number of rotatable bonds is 6. The molecule has 0 bridgehead atoms. The first kappa shape index (κ1) is 16.5. The maximum absolute atomic E-state index is 12.1. The topological polar surface area (TPSA) is 66.6 Å². The van der Waals surface area contributed by atoms with Gasteiger partial charge in [-0.1, -0.05) is 38.1 Å². The number of amides is 2. The second-order valence-electron chi connectivity index (χ2n) is 6.36. The van der Waals surface area contributed by atoms with E-state index in [1.165, 1.54) is 11.1 Å². The van der Waals surface area contributed by atoms with Crippen LogP contribution >= 0.6 is 0 Å². The van der Waals surface area contributed by atoms with E-state index in [1.54, 1.807) is 4.90 Å². The Kier molecular flexibility index (Phi) is 5.55. The summed E-state index contributed by atoms with van der Waals surface area (Å²) in [5, 5.41) is 0. The van der Waals surface area contributed by atoms with E-state index in [0.717, 1.165) is 19.5 Å². The minimum absolute atomic E-state index is 0.0219. The molecule has 1 heterocycles. The van der Waals surface area contributed by atoms with Crippen LogP contribution in [-0.4, -0.2) is 47.8 Å². The molecule has 1 fully saturated rings. The Morgan fingerprint density at radius 3 is 2.50 bits per heavy atom. The number of nitrogens with zero attached hydrogens (tertiary/aromatic N) is 2. The van der Waals surface area contributed by atoms with Gasteiger partial charge in [0.1, 0.15) is 0 Å². The fourth-order valence-electron chi connectivity index (χ4n) is 2.84. The molecule has 1 saturated heterocycles. The van der Waals surface area contributed by atoms with Crippen LogP contribution in [0.2, 0.25) is 0 Å². The van der Waals surface area contributed by atoms with Crippen LogP contribution in [0.25, 0.3) is 0 Å². The van der Waals surface area contributed by atoms with E-state index in [-0.39, 0.29) is 12.5 Å². The van der Waals surface area contributed by atoms with Crippen molar-refractivity contribution in [1.29, 1.82) is 0 Å². The molecule has 22 heavy (non-hydrogen) atoms. The largest absolute Gasteiger partial charge is 0.368 e. The SMILES string of the molecule is CC(C)Cc1ccccc1CN1CCN(CC(N)=O)C(=O)C1. The summed E-state index contributed by atoms with van der Waals surface area (Å²) in [5.41, 5.74) is 7.80. The molecule has 5 nitrogen and oxygen atoms in total. The first-order valence-electron chi connectivity index (χ1n) is 7.81. The normalized spacial score (nSPS) is 16.3. The number of nitrogens with two attached hydrogens (primary N) is 1. The van der Waals surface area contributed by atoms with E-state index >= 15 is 0 Å². The molecule has 0 saturated carbocycles. The van der Waals surface area contributed by atoms with Gasteiger partial charge in [0.2, 0.25) is 11.8 Å². The maximum Gasteiger partial charge on any atom is 0.237 e. The molecule has 1 aliphatic rings. The molecule has 1 aromatic rings. The third kappa shape index (κ3) is 4.56. The number of primary amides is 1. The molecular formula is C17H25N3O2. The zero-order chi connectivity index (χ0) is 16.1. The fourth-order valence-corrected chi connectivity index (χ4v) is 2.84. The van der Waals surface area contributed by atoms with Crippen molar-refractivity contribution in [2.75, 3.05) is 26.2 Å². The van der Waals surface area contributed by atoms with E-state index in [1.807, 2.05) is 6.07 Å². The minimum atomic E-state index is -0.455. The van der Waals surface area contributed by atoms with Gasteiger partial charge in [-0.25, -0.2) is 0 Å². The first-order chi connectivity index (χ1) is 10.5. The first-order valence-corrected chi connectivity index (χ1v) is 7.81. The van der Waals surface area contributed by atoms with Crippen molar-refractivity contribution in [3.8, 4) is 0 Å². The van der Waals surface area contributed by atoms with Gasteiger partial charge >= 0.3 is 0 Å². The smallest absolute Gasteiger partial charge is 0.237 e. The monoisotopic (exact) mass is 303 g/mol. The van der Waals surface area contributed by atoms with Crippen LogP contribution in [-0.2, 0) is 22.6 Å². The summed E-state index contributed by atoms with van der Waals surface area (Å²) < 4.78 is 0. The molecule has 1 aromatic carbocycles. The summed E-state index contributed by atoms with van der Waals surface area (Å²) >= 11 is 0. The molecule has 2 rings (SSSR count). The third-order valence-electron chi connectivity index (χ3n) is 3.88. The molecule has 1 aliphatic heterocycles. The summed E-state index contributed by atoms with van der Waals surface area (Å²) in [6.07, 6.45) is 1.05. The van der Waals surface area contributed by atoms with Crippen LogP contribution < -0.4 is 5.73 Å². The average Bonchev–Trinajstić information content (AvgIpc) is 2.43. The number of hydrogen-bond acceptors (Lipinski definition) is 3. The van der Waals surface area contributed by atoms with Crippen LogP contribution in [0.3, 0.4) is 0 Å². The number of carbonyl (C=O) groups excluding carboxylic acids is 2. The average molecular weight is 303 g/mol. The van der Waals surface area contributed by atoms with Gasteiger partial charge in [0.05, 0.1) is 13.1 Å². The van der Waals surface area contributed by atoms with Gasteiger partial charge in [0.25, 0.3) is 0 Å². The Bertz CT molecular complexity index is 542. The molecule has 0 aliphatic carbocycles. The van der Waals surface area contributed by atoms with E-state index in [2.05, 4.69) is 36.9 Å². The Balaban J connectivity index is 1.98. The summed E-state index contributed by atoms with van der Waals surface area (Å²) in [6.45, 7) is 6.91. The van der Waals surface area contributed by atoms with Gasteiger partial charge in [0.15, 0.2) is 0 Å². The van der Waals surface area contributed by atoms with Crippen LogP contribution in [0.4, 0.5) is 0 Å². The quantitative estimate of drug-likeness (QED) is 0.853. The molecule has 5 heteroatoms. The molecule has 0 atom stereocenters. The molecule has 2 amide bonds. The van der Waals surface area contributed by atoms with Crippen molar-refractivity contribution in [3.05, 3.63) is 35.4 Å². The summed E-state index contributed by atoms with van der Waals surface area (Å²) in [5.74, 6) is 0.130. The lowest BCUT2D eigenvalue weighted by Gasteiger charge is -2.34. The van der Waals surface area contributed by atoms with Gasteiger partial charge < -0.3 is 10.6 Å². The van der Waals surface area contributed by atoms with Gasteiger partial charge in [-0.2, -0.15) is 0 Å². The van der Waals surface area contributed by atoms with Gasteiger partial charge in [0, 0.05) is 19.6 Å². The highest BCUT2D eigenvalue weighted by Gasteiger charge is 2.25. The van der Waals surface area contributed by atoms with Crippen molar-refractivity contribution in [2.24, 2.45) is 11.7 Å². The number of piperazine rings is 1. The second kappa shape index (κ2) is 7.40. The zero-order valence-corrected chi connectivity index (χ0v) is 13.4. The van der Waals surface area contributed by atoms with Crippen LogP contribution in [0, 0.1) is 5.92 Å². The molecular weight excluding hydrogens is 278 g/mol. The summed E-state index contributed by atoms with van der Waals surface area (Å²) in [4.78, 5) is 26.7. The van der Waals surface area contributed by atoms with Crippen molar-refractivity contribution < 1.29 is 9.59 Å². The third-order valence-corrected chi connectivity index (χ3v) is 3.88. The number of hydrogen-bond donors (Lipinski definition) is 1. The highest BCUT2D eigenvalue weighted by molar-refractivity contribution is 5.85. The van der Waals surface area contributed by atoms with Gasteiger partial charge in [-0.3, -0.25) is 14.5 Å². The van der Waals surface area contributed by atoms with Gasteiger partial charge in [-0.05, 0) is 23.5 Å². The molecule has 0 radical (unpaired) electrons. The lowest BCUT2D eigenvalue weighted by molar-refractivity contribution is -0.139. The van der Waals surface area contributed by atoms with Crippen molar-refractivity contribution in [3.63, 3.8) is 0 Å². The van der Waals surface area contributed by atoms with Crippen LogP contribution in [0.5, 0.6) is 0 Å². The van der Waals surface area contributed by atoms with E-state index in [9.17, 15) is 9.59 Å². The molecule has 2 N–H and O–H groups in total. The standard InChI is InChI=1S/C17H25N3O2/c1-13(2)9-14-5-3-4-6-15(14)10-19-7-8-20(11-16(18)21)17(22)12-19/h3-6,13H,7-12H2,1-2H3,(H2,18,21).